The molecule has 0 atom stereocenters. The summed E-state index contributed by atoms with van der Waals surface area (Å²) < 4.78 is 11.9. The van der Waals surface area contributed by atoms with E-state index in [1.54, 1.807) is 17.8 Å². The van der Waals surface area contributed by atoms with Crippen LogP contribution in [-0.2, 0) is 18.4 Å². The smallest absolute Gasteiger partial charge is 0.351 e. The molecule has 0 radical (unpaired) electrons. The van der Waals surface area contributed by atoms with Gasteiger partial charge in [0.15, 0.2) is 4.88 Å². The largest absolute Gasteiger partial charge is 0.485 e. The highest BCUT2D eigenvalue weighted by Crippen LogP contribution is 2.31. The molecular weight excluding hydrogens is 288 g/mol. The Morgan fingerprint density at radius 2 is 2.32 bits per heavy atom. The van der Waals surface area contributed by atoms with Crippen molar-refractivity contribution in [2.45, 2.75) is 13.5 Å². The number of thiophene rings is 1. The quantitative estimate of drug-likeness (QED) is 0.815. The number of carbonyl (C=O) groups excluding carboxylic acids is 1. The number of ether oxygens (including phenoxy) is 2. The maximum atomic E-state index is 11.6. The molecule has 0 saturated heterocycles. The number of aryl methyl sites for hydroxylation is 2. The first-order valence-corrected chi connectivity index (χ1v) is 6.76. The fourth-order valence-corrected chi connectivity index (χ4v) is 2.64. The standard InChI is InChI=1S/C12H13ClN2O3S/c1-7-6-19-11(12(16)17-3)10(7)18-5-8-4-9(13)15(2)14-8/h4,6H,5H2,1-3H3. The molecule has 102 valence electrons. The van der Waals surface area contributed by atoms with E-state index in [2.05, 4.69) is 5.10 Å². The van der Waals surface area contributed by atoms with Crippen LogP contribution in [0.4, 0.5) is 0 Å². The molecule has 0 amide bonds. The zero-order valence-corrected chi connectivity index (χ0v) is 12.3. The highest BCUT2D eigenvalue weighted by Gasteiger charge is 2.18. The zero-order chi connectivity index (χ0) is 14.0. The van der Waals surface area contributed by atoms with Crippen molar-refractivity contribution in [3.8, 4) is 5.75 Å². The van der Waals surface area contributed by atoms with Gasteiger partial charge in [0.25, 0.3) is 0 Å². The Hall–Kier alpha value is -1.53. The summed E-state index contributed by atoms with van der Waals surface area (Å²) in [7, 11) is 3.10. The summed E-state index contributed by atoms with van der Waals surface area (Å²) in [6.07, 6.45) is 0. The van der Waals surface area contributed by atoms with Gasteiger partial charge in [0.1, 0.15) is 23.2 Å². The SMILES string of the molecule is COC(=O)c1scc(C)c1OCc1cc(Cl)n(C)n1. The zero-order valence-electron chi connectivity index (χ0n) is 10.8. The van der Waals surface area contributed by atoms with Gasteiger partial charge in [0, 0.05) is 18.7 Å². The van der Waals surface area contributed by atoms with Gasteiger partial charge >= 0.3 is 5.97 Å². The summed E-state index contributed by atoms with van der Waals surface area (Å²) in [5, 5.41) is 6.57. The van der Waals surface area contributed by atoms with E-state index < -0.39 is 5.97 Å². The van der Waals surface area contributed by atoms with Crippen molar-refractivity contribution in [3.05, 3.63) is 32.7 Å². The normalized spacial score (nSPS) is 10.5. The fraction of sp³-hybridized carbons (Fsp3) is 0.333. The lowest BCUT2D eigenvalue weighted by atomic mass is 10.3. The number of hydrogen-bond acceptors (Lipinski definition) is 5. The van der Waals surface area contributed by atoms with Crippen molar-refractivity contribution in [2.75, 3.05) is 7.11 Å². The molecule has 7 heteroatoms. The summed E-state index contributed by atoms with van der Waals surface area (Å²) in [5.41, 5.74) is 1.60. The van der Waals surface area contributed by atoms with E-state index in [0.717, 1.165) is 5.56 Å². The second kappa shape index (κ2) is 5.63. The van der Waals surface area contributed by atoms with Crippen LogP contribution in [0, 0.1) is 6.92 Å². The van der Waals surface area contributed by atoms with Crippen molar-refractivity contribution in [1.82, 2.24) is 9.78 Å². The topological polar surface area (TPSA) is 53.4 Å². The Labute approximate surface area is 119 Å². The second-order valence-electron chi connectivity index (χ2n) is 3.94. The van der Waals surface area contributed by atoms with Gasteiger partial charge < -0.3 is 9.47 Å². The van der Waals surface area contributed by atoms with E-state index in [9.17, 15) is 4.79 Å². The molecule has 0 aliphatic heterocycles. The Balaban J connectivity index is 2.15. The number of rotatable bonds is 4. The number of nitrogens with zero attached hydrogens (tertiary/aromatic N) is 2. The highest BCUT2D eigenvalue weighted by molar-refractivity contribution is 7.12. The van der Waals surface area contributed by atoms with Crippen LogP contribution in [0.2, 0.25) is 5.15 Å². The van der Waals surface area contributed by atoms with Gasteiger partial charge in [0.05, 0.1) is 7.11 Å². The van der Waals surface area contributed by atoms with Crippen LogP contribution in [0.15, 0.2) is 11.4 Å². The van der Waals surface area contributed by atoms with Crippen molar-refractivity contribution in [1.29, 1.82) is 0 Å². The van der Waals surface area contributed by atoms with Gasteiger partial charge in [-0.25, -0.2) is 4.79 Å². The molecule has 0 saturated carbocycles. The van der Waals surface area contributed by atoms with E-state index in [1.807, 2.05) is 12.3 Å². The lowest BCUT2D eigenvalue weighted by molar-refractivity contribution is 0.0601. The lowest BCUT2D eigenvalue weighted by Gasteiger charge is -2.06. The minimum Gasteiger partial charge on any atom is -0.485 e. The molecule has 2 heterocycles. The predicted molar refractivity (Wildman–Crippen MR) is 72.9 cm³/mol. The second-order valence-corrected chi connectivity index (χ2v) is 5.21. The van der Waals surface area contributed by atoms with E-state index >= 15 is 0 Å². The Morgan fingerprint density at radius 1 is 1.58 bits per heavy atom. The first-order valence-electron chi connectivity index (χ1n) is 5.50. The van der Waals surface area contributed by atoms with Crippen LogP contribution in [0.25, 0.3) is 0 Å². The monoisotopic (exact) mass is 300 g/mol. The number of carbonyl (C=O) groups is 1. The molecule has 0 aromatic carbocycles. The molecule has 0 N–H and O–H groups in total. The van der Waals surface area contributed by atoms with Gasteiger partial charge in [-0.15, -0.1) is 11.3 Å². The average Bonchev–Trinajstić information content (AvgIpc) is 2.90. The van der Waals surface area contributed by atoms with Crippen molar-refractivity contribution < 1.29 is 14.3 Å². The van der Waals surface area contributed by atoms with Crippen LogP contribution in [0.1, 0.15) is 20.9 Å². The Bertz CT molecular complexity index is 587. The first-order chi connectivity index (χ1) is 9.02. The van der Waals surface area contributed by atoms with Gasteiger partial charge in [-0.2, -0.15) is 5.10 Å². The van der Waals surface area contributed by atoms with Crippen molar-refractivity contribution >= 4 is 28.9 Å². The molecule has 2 aromatic heterocycles. The third-order valence-corrected chi connectivity index (χ3v) is 3.94. The third kappa shape index (κ3) is 2.90. The Kier molecular flexibility index (Phi) is 4.11. The van der Waals surface area contributed by atoms with E-state index in [4.69, 9.17) is 21.1 Å². The average molecular weight is 301 g/mol. The number of hydrogen-bond donors (Lipinski definition) is 0. The summed E-state index contributed by atoms with van der Waals surface area (Å²) >= 11 is 7.20. The molecule has 0 aliphatic rings. The summed E-state index contributed by atoms with van der Waals surface area (Å²) in [5.74, 6) is 0.144. The van der Waals surface area contributed by atoms with Crippen LogP contribution >= 0.6 is 22.9 Å². The summed E-state index contributed by atoms with van der Waals surface area (Å²) in [6, 6.07) is 1.72. The van der Waals surface area contributed by atoms with E-state index in [-0.39, 0.29) is 6.61 Å². The number of aromatic nitrogens is 2. The molecule has 2 aromatic rings. The van der Waals surface area contributed by atoms with Gasteiger partial charge in [-0.05, 0) is 12.3 Å². The molecule has 0 spiro atoms. The number of halogens is 1. The molecule has 5 nitrogen and oxygen atoms in total. The molecule has 0 bridgehead atoms. The number of esters is 1. The van der Waals surface area contributed by atoms with Gasteiger partial charge in [-0.1, -0.05) is 11.6 Å². The Morgan fingerprint density at radius 3 is 2.89 bits per heavy atom. The van der Waals surface area contributed by atoms with Gasteiger partial charge in [-0.3, -0.25) is 4.68 Å². The predicted octanol–water partition coefficient (Wildman–Crippen LogP) is 2.81. The highest BCUT2D eigenvalue weighted by atomic mass is 35.5. The van der Waals surface area contributed by atoms with Crippen molar-refractivity contribution in [2.24, 2.45) is 7.05 Å². The molecule has 0 fully saturated rings. The lowest BCUT2D eigenvalue weighted by Crippen LogP contribution is -2.04. The first kappa shape index (κ1) is 13.9. The molecule has 0 aliphatic carbocycles. The van der Waals surface area contributed by atoms with E-state index in [1.165, 1.54) is 18.4 Å². The maximum Gasteiger partial charge on any atom is 0.351 e. The van der Waals surface area contributed by atoms with Crippen molar-refractivity contribution in [3.63, 3.8) is 0 Å². The summed E-state index contributed by atoms with van der Waals surface area (Å²) in [6.45, 7) is 2.13. The third-order valence-electron chi connectivity index (χ3n) is 2.53. The molecule has 2 rings (SSSR count). The maximum absolute atomic E-state index is 11.6. The van der Waals surface area contributed by atoms with Crippen LogP contribution in [0.5, 0.6) is 5.75 Å². The minimum absolute atomic E-state index is 0.252. The van der Waals surface area contributed by atoms with Crippen LogP contribution in [-0.4, -0.2) is 22.9 Å². The molecule has 19 heavy (non-hydrogen) atoms. The summed E-state index contributed by atoms with van der Waals surface area (Å²) in [4.78, 5) is 12.0. The fourth-order valence-electron chi connectivity index (χ4n) is 1.56. The van der Waals surface area contributed by atoms with E-state index in [0.29, 0.717) is 21.5 Å². The van der Waals surface area contributed by atoms with Crippen LogP contribution in [0.3, 0.4) is 0 Å². The minimum atomic E-state index is -0.396. The van der Waals surface area contributed by atoms with Gasteiger partial charge in [0.2, 0.25) is 0 Å². The molecule has 0 unspecified atom stereocenters. The van der Waals surface area contributed by atoms with Crippen LogP contribution < -0.4 is 4.74 Å². The molecular formula is C12H13ClN2O3S. The number of methoxy groups -OCH3 is 1.